The van der Waals surface area contributed by atoms with Gasteiger partial charge in [-0.15, -0.1) is 0 Å². The molecule has 0 fully saturated rings. The highest BCUT2D eigenvalue weighted by atomic mass is 16.5. The summed E-state index contributed by atoms with van der Waals surface area (Å²) < 4.78 is 5.62. The van der Waals surface area contributed by atoms with E-state index < -0.39 is 5.97 Å². The van der Waals surface area contributed by atoms with Crippen molar-refractivity contribution in [3.63, 3.8) is 0 Å². The molecular formula is C25H31NO4. The number of hydrogen-bond acceptors (Lipinski definition) is 4. The molecular weight excluding hydrogens is 378 g/mol. The summed E-state index contributed by atoms with van der Waals surface area (Å²) >= 11 is 0. The minimum Gasteiger partial charge on any atom is -0.496 e. The molecule has 0 radical (unpaired) electrons. The van der Waals surface area contributed by atoms with Gasteiger partial charge in [0.05, 0.1) is 13.5 Å². The third-order valence-electron chi connectivity index (χ3n) is 5.56. The summed E-state index contributed by atoms with van der Waals surface area (Å²) in [6, 6.07) is 4.13. The Bertz CT molecular complexity index is 919. The molecule has 1 aliphatic rings. The van der Waals surface area contributed by atoms with Gasteiger partial charge in [0.1, 0.15) is 11.5 Å². The van der Waals surface area contributed by atoms with Crippen LogP contribution in [-0.4, -0.2) is 29.1 Å². The summed E-state index contributed by atoms with van der Waals surface area (Å²) in [5, 5.41) is 22.0. The van der Waals surface area contributed by atoms with Crippen LogP contribution >= 0.6 is 0 Å². The number of methoxy groups -OCH3 is 1. The number of nitrogens with zero attached hydrogens (tertiary/aromatic N) is 1. The van der Waals surface area contributed by atoms with Crippen molar-refractivity contribution in [3.05, 3.63) is 77.4 Å². The first kappa shape index (κ1) is 23.2. The normalized spacial score (nSPS) is 19.1. The molecule has 0 spiro atoms. The Morgan fingerprint density at radius 2 is 2.07 bits per heavy atom. The van der Waals surface area contributed by atoms with Crippen LogP contribution in [0.15, 0.2) is 65.9 Å². The average molecular weight is 410 g/mol. The van der Waals surface area contributed by atoms with Crippen molar-refractivity contribution in [2.75, 3.05) is 7.11 Å². The summed E-state index contributed by atoms with van der Waals surface area (Å²) in [5.41, 5.74) is 4.36. The first-order valence-electron chi connectivity index (χ1n) is 10.1. The predicted molar refractivity (Wildman–Crippen MR) is 121 cm³/mol. The van der Waals surface area contributed by atoms with Gasteiger partial charge in [-0.25, -0.2) is 0 Å². The molecule has 160 valence electrons. The minimum absolute atomic E-state index is 0.0284. The lowest BCUT2D eigenvalue weighted by Gasteiger charge is -2.36. The number of benzene rings is 1. The van der Waals surface area contributed by atoms with Crippen molar-refractivity contribution in [3.8, 4) is 5.75 Å². The number of carboxylic acids is 1. The lowest BCUT2D eigenvalue weighted by atomic mass is 9.68. The van der Waals surface area contributed by atoms with Crippen molar-refractivity contribution in [2.45, 2.75) is 51.4 Å². The van der Waals surface area contributed by atoms with Gasteiger partial charge in [-0.2, -0.15) is 0 Å². The number of hydrogen-bond donors (Lipinski definition) is 2. The molecule has 0 bridgehead atoms. The van der Waals surface area contributed by atoms with E-state index in [9.17, 15) is 10.0 Å². The maximum Gasteiger partial charge on any atom is 0.307 e. The van der Waals surface area contributed by atoms with Crippen LogP contribution in [-0.2, 0) is 10.2 Å². The number of carboxylic acid groups (broad SMARTS) is 1. The SMILES string of the molecule is C=C/C=C(\C=C/CC(=O)O)/C=C/C(=N/O)c1cc2c(cc1OC)C(C)CCC2(C)C. The van der Waals surface area contributed by atoms with Crippen LogP contribution in [0.4, 0.5) is 0 Å². The first-order chi connectivity index (χ1) is 14.2. The van der Waals surface area contributed by atoms with Gasteiger partial charge in [0, 0.05) is 5.56 Å². The van der Waals surface area contributed by atoms with E-state index in [-0.39, 0.29) is 11.8 Å². The van der Waals surface area contributed by atoms with E-state index in [0.717, 1.165) is 18.4 Å². The molecule has 0 heterocycles. The van der Waals surface area contributed by atoms with Crippen molar-refractivity contribution >= 4 is 11.7 Å². The number of fused-ring (bicyclic) bond motifs is 1. The Morgan fingerprint density at radius 3 is 2.67 bits per heavy atom. The molecule has 0 aliphatic heterocycles. The molecule has 2 rings (SSSR count). The first-order valence-corrected chi connectivity index (χ1v) is 10.1. The average Bonchev–Trinajstić information content (AvgIpc) is 2.70. The van der Waals surface area contributed by atoms with Gasteiger partial charge in [0.15, 0.2) is 0 Å². The van der Waals surface area contributed by atoms with Crippen LogP contribution in [0.5, 0.6) is 5.75 Å². The molecule has 30 heavy (non-hydrogen) atoms. The lowest BCUT2D eigenvalue weighted by Crippen LogP contribution is -2.26. The summed E-state index contributed by atoms with van der Waals surface area (Å²) in [6.45, 7) is 10.4. The molecule has 1 aromatic carbocycles. The van der Waals surface area contributed by atoms with E-state index in [4.69, 9.17) is 9.84 Å². The number of rotatable bonds is 8. The third kappa shape index (κ3) is 5.50. The van der Waals surface area contributed by atoms with E-state index in [1.165, 1.54) is 11.1 Å². The standard InChI is InChI=1S/C25H31NO4/c1-6-8-18(9-7-10-24(27)28)11-12-22(26-29)20-15-21-19(16-23(20)30-5)17(2)13-14-25(21,3)4/h6-9,11-12,15-17,29H,1,10,13-14H2,2-5H3,(H,27,28)/b9-7-,12-11+,18-8+,26-22-. The highest BCUT2D eigenvalue weighted by Gasteiger charge is 2.32. The zero-order chi connectivity index (χ0) is 22.3. The number of oxime groups is 1. The van der Waals surface area contributed by atoms with Gasteiger partial charge < -0.3 is 15.1 Å². The fourth-order valence-electron chi connectivity index (χ4n) is 3.78. The number of carbonyl (C=O) groups is 1. The smallest absolute Gasteiger partial charge is 0.307 e. The van der Waals surface area contributed by atoms with Crippen LogP contribution in [0, 0.1) is 0 Å². The van der Waals surface area contributed by atoms with Gasteiger partial charge >= 0.3 is 5.97 Å². The van der Waals surface area contributed by atoms with Gasteiger partial charge in [-0.05, 0) is 59.1 Å². The molecule has 0 amide bonds. The second-order valence-corrected chi connectivity index (χ2v) is 8.18. The quantitative estimate of drug-likeness (QED) is 0.248. The highest BCUT2D eigenvalue weighted by Crippen LogP contribution is 2.44. The molecule has 0 aromatic heterocycles. The lowest BCUT2D eigenvalue weighted by molar-refractivity contribution is -0.136. The molecule has 2 N–H and O–H groups in total. The van der Waals surface area contributed by atoms with Crippen LogP contribution < -0.4 is 4.74 Å². The van der Waals surface area contributed by atoms with Crippen molar-refractivity contribution in [1.82, 2.24) is 0 Å². The summed E-state index contributed by atoms with van der Waals surface area (Å²) in [4.78, 5) is 10.7. The van der Waals surface area contributed by atoms with E-state index in [1.807, 2.05) is 0 Å². The van der Waals surface area contributed by atoms with Crippen LogP contribution in [0.3, 0.4) is 0 Å². The second-order valence-electron chi connectivity index (χ2n) is 8.18. The van der Waals surface area contributed by atoms with Gasteiger partial charge in [0.2, 0.25) is 0 Å². The summed E-state index contributed by atoms with van der Waals surface area (Å²) in [7, 11) is 1.61. The number of ether oxygens (including phenoxy) is 1. The largest absolute Gasteiger partial charge is 0.496 e. The van der Waals surface area contributed by atoms with Gasteiger partial charge in [-0.3, -0.25) is 4.79 Å². The van der Waals surface area contributed by atoms with Crippen molar-refractivity contribution in [1.29, 1.82) is 0 Å². The van der Waals surface area contributed by atoms with Gasteiger partial charge in [0.25, 0.3) is 0 Å². The topological polar surface area (TPSA) is 79.1 Å². The Kier molecular flexibility index (Phi) is 7.81. The molecule has 1 unspecified atom stereocenters. The maximum atomic E-state index is 10.7. The summed E-state index contributed by atoms with van der Waals surface area (Å²) in [5.74, 6) is 0.204. The minimum atomic E-state index is -0.901. The zero-order valence-corrected chi connectivity index (χ0v) is 18.2. The number of allylic oxidation sites excluding steroid dienone is 6. The van der Waals surface area contributed by atoms with Crippen LogP contribution in [0.2, 0.25) is 0 Å². The molecule has 1 atom stereocenters. The van der Waals surface area contributed by atoms with Crippen molar-refractivity contribution < 1.29 is 19.8 Å². The van der Waals surface area contributed by atoms with Gasteiger partial charge in [-0.1, -0.05) is 62.9 Å². The molecule has 1 aliphatic carbocycles. The molecule has 1 aromatic rings. The van der Waals surface area contributed by atoms with Crippen LogP contribution in [0.25, 0.3) is 0 Å². The zero-order valence-electron chi connectivity index (χ0n) is 18.2. The number of aliphatic carboxylic acids is 1. The maximum absolute atomic E-state index is 10.7. The predicted octanol–water partition coefficient (Wildman–Crippen LogP) is 5.75. The van der Waals surface area contributed by atoms with Crippen molar-refractivity contribution in [2.24, 2.45) is 5.16 Å². The van der Waals surface area contributed by atoms with E-state index in [2.05, 4.69) is 44.6 Å². The van der Waals surface area contributed by atoms with E-state index in [1.54, 1.807) is 43.6 Å². The van der Waals surface area contributed by atoms with E-state index in [0.29, 0.717) is 22.9 Å². The second kappa shape index (κ2) is 10.1. The molecule has 0 saturated heterocycles. The Morgan fingerprint density at radius 1 is 1.33 bits per heavy atom. The fourth-order valence-corrected chi connectivity index (χ4v) is 3.78. The third-order valence-corrected chi connectivity index (χ3v) is 5.56. The molecule has 5 heteroatoms. The Balaban J connectivity index is 2.46. The molecule has 0 saturated carbocycles. The Hall–Kier alpha value is -3.08. The fraction of sp³-hybridized carbons (Fsp3) is 0.360. The Labute approximate surface area is 178 Å². The molecule has 5 nitrogen and oxygen atoms in total. The summed E-state index contributed by atoms with van der Waals surface area (Å²) in [6.07, 6.45) is 12.2. The van der Waals surface area contributed by atoms with Crippen LogP contribution in [0.1, 0.15) is 62.6 Å². The highest BCUT2D eigenvalue weighted by molar-refractivity contribution is 6.10. The van der Waals surface area contributed by atoms with E-state index >= 15 is 0 Å². The monoisotopic (exact) mass is 409 g/mol.